The van der Waals surface area contributed by atoms with Gasteiger partial charge in [-0.1, -0.05) is 60.3 Å². The standard InChI is InChI=1S/C19H17N3OS/c20-10-16-8-4-5-9-17(16)14-24-19-21-11-18(13-23)22(19)12-15-6-2-1-3-7-15/h1-9,11,23H,12-14H2. The van der Waals surface area contributed by atoms with Crippen LogP contribution in [0, 0.1) is 11.3 Å². The summed E-state index contributed by atoms with van der Waals surface area (Å²) in [4.78, 5) is 4.44. The fraction of sp³-hybridized carbons (Fsp3) is 0.158. The summed E-state index contributed by atoms with van der Waals surface area (Å²) < 4.78 is 2.02. The van der Waals surface area contributed by atoms with Crippen molar-refractivity contribution >= 4 is 11.8 Å². The van der Waals surface area contributed by atoms with E-state index in [9.17, 15) is 10.4 Å². The minimum absolute atomic E-state index is 0.0465. The number of nitriles is 1. The Labute approximate surface area is 145 Å². The lowest BCUT2D eigenvalue weighted by atomic mass is 10.1. The third kappa shape index (κ3) is 3.67. The van der Waals surface area contributed by atoms with E-state index in [0.717, 1.165) is 22.0 Å². The molecular formula is C19H17N3OS. The number of imidazole rings is 1. The number of rotatable bonds is 6. The quantitative estimate of drug-likeness (QED) is 0.699. The van der Waals surface area contributed by atoms with Crippen LogP contribution in [0.4, 0.5) is 0 Å². The average molecular weight is 335 g/mol. The van der Waals surface area contributed by atoms with E-state index in [4.69, 9.17) is 0 Å². The molecule has 0 bridgehead atoms. The number of hydrogen-bond donors (Lipinski definition) is 1. The number of aliphatic hydroxyl groups is 1. The molecule has 0 saturated heterocycles. The average Bonchev–Trinajstić information content (AvgIpc) is 3.02. The SMILES string of the molecule is N#Cc1ccccc1CSc1ncc(CO)n1Cc1ccccc1. The van der Waals surface area contributed by atoms with Gasteiger partial charge < -0.3 is 9.67 Å². The molecule has 4 nitrogen and oxygen atoms in total. The van der Waals surface area contributed by atoms with E-state index in [1.165, 1.54) is 0 Å². The molecule has 0 saturated carbocycles. The van der Waals surface area contributed by atoms with Crippen LogP contribution in [0.15, 0.2) is 66.0 Å². The molecule has 2 aromatic carbocycles. The minimum Gasteiger partial charge on any atom is -0.390 e. The molecule has 0 atom stereocenters. The van der Waals surface area contributed by atoms with Crippen LogP contribution in [0.25, 0.3) is 0 Å². The summed E-state index contributed by atoms with van der Waals surface area (Å²) in [5.74, 6) is 0.667. The first-order chi connectivity index (χ1) is 11.8. The van der Waals surface area contributed by atoms with Crippen LogP contribution in [-0.2, 0) is 18.9 Å². The van der Waals surface area contributed by atoms with Crippen LogP contribution >= 0.6 is 11.8 Å². The molecular weight excluding hydrogens is 318 g/mol. The maximum atomic E-state index is 9.56. The summed E-state index contributed by atoms with van der Waals surface area (Å²) in [7, 11) is 0. The molecule has 0 amide bonds. The Morgan fingerprint density at radius 3 is 2.58 bits per heavy atom. The van der Waals surface area contributed by atoms with E-state index < -0.39 is 0 Å². The minimum atomic E-state index is -0.0465. The molecule has 3 aromatic rings. The first kappa shape index (κ1) is 16.3. The Kier molecular flexibility index (Phi) is 5.32. The molecule has 0 spiro atoms. The van der Waals surface area contributed by atoms with Crippen LogP contribution in [0.5, 0.6) is 0 Å². The first-order valence-electron chi connectivity index (χ1n) is 7.62. The fourth-order valence-electron chi connectivity index (χ4n) is 2.47. The molecule has 0 unspecified atom stereocenters. The van der Waals surface area contributed by atoms with Crippen molar-refractivity contribution < 1.29 is 5.11 Å². The van der Waals surface area contributed by atoms with E-state index in [0.29, 0.717) is 17.9 Å². The Hall–Kier alpha value is -2.55. The zero-order valence-electron chi connectivity index (χ0n) is 13.1. The van der Waals surface area contributed by atoms with Crippen molar-refractivity contribution in [2.24, 2.45) is 0 Å². The molecule has 0 aliphatic carbocycles. The largest absolute Gasteiger partial charge is 0.390 e. The lowest BCUT2D eigenvalue weighted by molar-refractivity contribution is 0.270. The van der Waals surface area contributed by atoms with E-state index in [1.54, 1.807) is 18.0 Å². The van der Waals surface area contributed by atoms with E-state index in [1.807, 2.05) is 47.0 Å². The predicted molar refractivity (Wildman–Crippen MR) is 94.4 cm³/mol. The molecule has 0 radical (unpaired) electrons. The van der Waals surface area contributed by atoms with Crippen molar-refractivity contribution in [2.45, 2.75) is 24.1 Å². The van der Waals surface area contributed by atoms with E-state index in [-0.39, 0.29) is 6.61 Å². The van der Waals surface area contributed by atoms with Gasteiger partial charge in [0, 0.05) is 12.3 Å². The normalized spacial score (nSPS) is 10.5. The zero-order chi connectivity index (χ0) is 16.8. The molecule has 0 aliphatic heterocycles. The Bertz CT molecular complexity index is 853. The molecule has 5 heteroatoms. The maximum absolute atomic E-state index is 9.56. The summed E-state index contributed by atoms with van der Waals surface area (Å²) in [6, 6.07) is 19.9. The molecule has 24 heavy (non-hydrogen) atoms. The second-order valence-electron chi connectivity index (χ2n) is 5.32. The predicted octanol–water partition coefficient (Wildman–Crippen LogP) is 3.59. The van der Waals surface area contributed by atoms with Gasteiger partial charge in [0.2, 0.25) is 0 Å². The fourth-order valence-corrected chi connectivity index (χ4v) is 3.47. The van der Waals surface area contributed by atoms with E-state index in [2.05, 4.69) is 23.2 Å². The third-order valence-corrected chi connectivity index (χ3v) is 4.78. The topological polar surface area (TPSA) is 61.8 Å². The van der Waals surface area contributed by atoms with E-state index >= 15 is 0 Å². The summed E-state index contributed by atoms with van der Waals surface area (Å²) in [5, 5.41) is 19.6. The number of hydrogen-bond acceptors (Lipinski definition) is 4. The second kappa shape index (κ2) is 7.82. The van der Waals surface area contributed by atoms with Gasteiger partial charge in [-0.15, -0.1) is 0 Å². The Morgan fingerprint density at radius 1 is 1.08 bits per heavy atom. The van der Waals surface area contributed by atoms with Gasteiger partial charge in [0.15, 0.2) is 5.16 Å². The van der Waals surface area contributed by atoms with Crippen molar-refractivity contribution in [1.29, 1.82) is 5.26 Å². The highest BCUT2D eigenvalue weighted by Gasteiger charge is 2.11. The summed E-state index contributed by atoms with van der Waals surface area (Å²) in [5.41, 5.74) is 3.62. The number of aromatic nitrogens is 2. The van der Waals surface area contributed by atoms with Crippen LogP contribution in [0.1, 0.15) is 22.4 Å². The number of benzene rings is 2. The highest BCUT2D eigenvalue weighted by Crippen LogP contribution is 2.25. The highest BCUT2D eigenvalue weighted by molar-refractivity contribution is 7.98. The zero-order valence-corrected chi connectivity index (χ0v) is 13.9. The van der Waals surface area contributed by atoms with Gasteiger partial charge in [0.25, 0.3) is 0 Å². The van der Waals surface area contributed by atoms with Crippen molar-refractivity contribution in [3.05, 3.63) is 83.2 Å². The molecule has 120 valence electrons. The van der Waals surface area contributed by atoms with Gasteiger partial charge in [-0.2, -0.15) is 5.26 Å². The summed E-state index contributed by atoms with van der Waals surface area (Å²) in [6.45, 7) is 0.619. The van der Waals surface area contributed by atoms with Gasteiger partial charge in [-0.25, -0.2) is 4.98 Å². The maximum Gasteiger partial charge on any atom is 0.168 e. The van der Waals surface area contributed by atoms with Crippen molar-refractivity contribution in [1.82, 2.24) is 9.55 Å². The lowest BCUT2D eigenvalue weighted by Gasteiger charge is -2.11. The van der Waals surface area contributed by atoms with Gasteiger partial charge in [-0.3, -0.25) is 0 Å². The van der Waals surface area contributed by atoms with Crippen LogP contribution in [0.3, 0.4) is 0 Å². The molecule has 1 N–H and O–H groups in total. The van der Waals surface area contributed by atoms with Crippen LogP contribution in [0.2, 0.25) is 0 Å². The molecule has 1 heterocycles. The number of aliphatic hydroxyl groups excluding tert-OH is 1. The Morgan fingerprint density at radius 2 is 1.83 bits per heavy atom. The van der Waals surface area contributed by atoms with Crippen molar-refractivity contribution in [2.75, 3.05) is 0 Å². The lowest BCUT2D eigenvalue weighted by Crippen LogP contribution is -2.06. The molecule has 1 aromatic heterocycles. The van der Waals surface area contributed by atoms with Crippen molar-refractivity contribution in [3.8, 4) is 6.07 Å². The molecule has 0 fully saturated rings. The van der Waals surface area contributed by atoms with Crippen molar-refractivity contribution in [3.63, 3.8) is 0 Å². The van der Waals surface area contributed by atoms with Gasteiger partial charge in [0.05, 0.1) is 30.1 Å². The van der Waals surface area contributed by atoms with Gasteiger partial charge in [0.1, 0.15) is 0 Å². The third-order valence-electron chi connectivity index (χ3n) is 3.74. The second-order valence-corrected chi connectivity index (χ2v) is 6.26. The van der Waals surface area contributed by atoms with Crippen LogP contribution in [-0.4, -0.2) is 14.7 Å². The first-order valence-corrected chi connectivity index (χ1v) is 8.60. The number of nitrogens with zero attached hydrogens (tertiary/aromatic N) is 3. The number of thioether (sulfide) groups is 1. The smallest absolute Gasteiger partial charge is 0.168 e. The van der Waals surface area contributed by atoms with Crippen LogP contribution < -0.4 is 0 Å². The highest BCUT2D eigenvalue weighted by atomic mass is 32.2. The molecule has 3 rings (SSSR count). The van der Waals surface area contributed by atoms with Gasteiger partial charge in [-0.05, 0) is 17.2 Å². The summed E-state index contributed by atoms with van der Waals surface area (Å²) >= 11 is 1.57. The van der Waals surface area contributed by atoms with Gasteiger partial charge >= 0.3 is 0 Å². The Balaban J connectivity index is 1.81. The molecule has 0 aliphatic rings. The monoisotopic (exact) mass is 335 g/mol. The summed E-state index contributed by atoms with van der Waals surface area (Å²) in [6.07, 6.45) is 1.71.